The molecule has 13 nitrogen and oxygen atoms in total. The molecule has 4 heterocycles. The van der Waals surface area contributed by atoms with E-state index in [9.17, 15) is 19.6 Å². The zero-order valence-electron chi connectivity index (χ0n) is 13.7. The summed E-state index contributed by atoms with van der Waals surface area (Å²) < 4.78 is 23.5. The zero-order chi connectivity index (χ0) is 19.3. The van der Waals surface area contributed by atoms with Crippen molar-refractivity contribution < 1.29 is 33.8 Å². The van der Waals surface area contributed by atoms with Crippen molar-refractivity contribution in [3.8, 4) is 0 Å². The van der Waals surface area contributed by atoms with E-state index in [1.165, 1.54) is 21.5 Å². The molecule has 0 aromatic carbocycles. The highest BCUT2D eigenvalue weighted by Gasteiger charge is 2.37. The van der Waals surface area contributed by atoms with E-state index in [0.29, 0.717) is 11.3 Å². The Balaban J connectivity index is 1.68. The number of H-pyrrole nitrogens is 1. The minimum absolute atomic E-state index is 0.0863. The monoisotopic (exact) mass is 401 g/mol. The van der Waals surface area contributed by atoms with Crippen molar-refractivity contribution in [2.75, 3.05) is 6.61 Å². The van der Waals surface area contributed by atoms with Crippen LogP contribution in [0.2, 0.25) is 0 Å². The van der Waals surface area contributed by atoms with E-state index < -0.39 is 38.4 Å². The maximum Gasteiger partial charge on any atom is 0.469 e. The van der Waals surface area contributed by atoms with Gasteiger partial charge in [-0.3, -0.25) is 13.9 Å². The first-order valence-electron chi connectivity index (χ1n) is 7.88. The molecular weight excluding hydrogens is 385 g/mol. The molecule has 146 valence electrons. The van der Waals surface area contributed by atoms with Crippen LogP contribution in [0.1, 0.15) is 18.3 Å². The van der Waals surface area contributed by atoms with E-state index in [4.69, 9.17) is 14.5 Å². The molecule has 27 heavy (non-hydrogen) atoms. The molecule has 0 spiro atoms. The van der Waals surface area contributed by atoms with Crippen LogP contribution in [0.25, 0.3) is 16.9 Å². The summed E-state index contributed by atoms with van der Waals surface area (Å²) in [5.74, 6) is 0.207. The molecular formula is C13H16N5O8P. The van der Waals surface area contributed by atoms with Crippen molar-refractivity contribution >= 4 is 24.8 Å². The van der Waals surface area contributed by atoms with Crippen LogP contribution in [0.5, 0.6) is 0 Å². The van der Waals surface area contributed by atoms with Gasteiger partial charge in [-0.15, -0.1) is 0 Å². The summed E-state index contributed by atoms with van der Waals surface area (Å²) in [7, 11) is -4.69. The fraction of sp³-hybridized carbons (Fsp3) is 0.462. The molecule has 1 aliphatic rings. The number of aromatic amines is 1. The van der Waals surface area contributed by atoms with E-state index in [-0.39, 0.29) is 24.3 Å². The minimum atomic E-state index is -4.69. The molecule has 5 N–H and O–H groups in total. The number of aliphatic hydroxyl groups is 2. The van der Waals surface area contributed by atoms with Crippen molar-refractivity contribution in [3.63, 3.8) is 0 Å². The molecule has 0 saturated carbocycles. The third-order valence-corrected chi connectivity index (χ3v) is 4.83. The number of phosphoric acid groups is 1. The first-order chi connectivity index (χ1) is 12.8. The minimum Gasteiger partial charge on any atom is -0.390 e. The van der Waals surface area contributed by atoms with Gasteiger partial charge >= 0.3 is 7.82 Å². The van der Waals surface area contributed by atoms with Gasteiger partial charge in [0.15, 0.2) is 5.52 Å². The Morgan fingerprint density at radius 2 is 2.19 bits per heavy atom. The van der Waals surface area contributed by atoms with E-state index in [0.717, 1.165) is 0 Å². The Morgan fingerprint density at radius 3 is 2.89 bits per heavy atom. The second kappa shape index (κ2) is 6.49. The van der Waals surface area contributed by atoms with E-state index in [2.05, 4.69) is 19.5 Å². The molecule has 4 rings (SSSR count). The number of nitrogens with one attached hydrogen (secondary N) is 1. The third kappa shape index (κ3) is 3.19. The van der Waals surface area contributed by atoms with Crippen LogP contribution >= 0.6 is 7.82 Å². The second-order valence-corrected chi connectivity index (χ2v) is 7.30. The normalized spacial score (nSPS) is 23.6. The maximum absolute atomic E-state index is 12.6. The van der Waals surface area contributed by atoms with E-state index in [1.807, 2.05) is 0 Å². The number of hydrogen-bond acceptors (Lipinski definition) is 8. The summed E-state index contributed by atoms with van der Waals surface area (Å²) in [6.45, 7) is -0.856. The van der Waals surface area contributed by atoms with Gasteiger partial charge in [-0.1, -0.05) is 0 Å². The predicted octanol–water partition coefficient (Wildman–Crippen LogP) is -1.38. The molecule has 0 bridgehead atoms. The van der Waals surface area contributed by atoms with Crippen LogP contribution in [0.15, 0.2) is 17.3 Å². The SMILES string of the molecule is O=c1c2ncn([C@H]3C[C@H](O)[C@@H](COP(=O)(O)O)O3)c2[nH]c2ncc(CO)n12. The first-order valence-corrected chi connectivity index (χ1v) is 9.41. The maximum atomic E-state index is 12.6. The lowest BCUT2D eigenvalue weighted by atomic mass is 10.2. The quantitative estimate of drug-likeness (QED) is 0.319. The average molecular weight is 401 g/mol. The van der Waals surface area contributed by atoms with Gasteiger partial charge in [0, 0.05) is 6.42 Å². The van der Waals surface area contributed by atoms with Crippen molar-refractivity contribution in [1.82, 2.24) is 23.9 Å². The van der Waals surface area contributed by atoms with Crippen LogP contribution in [0.3, 0.4) is 0 Å². The molecule has 0 amide bonds. The molecule has 3 aromatic heterocycles. The van der Waals surface area contributed by atoms with Gasteiger partial charge in [-0.2, -0.15) is 0 Å². The fourth-order valence-corrected chi connectivity index (χ4v) is 3.43. The van der Waals surface area contributed by atoms with Gasteiger partial charge in [-0.25, -0.2) is 18.9 Å². The number of imidazole rings is 2. The molecule has 3 atom stereocenters. The highest BCUT2D eigenvalue weighted by Crippen LogP contribution is 2.38. The van der Waals surface area contributed by atoms with Crippen LogP contribution < -0.4 is 5.56 Å². The number of fused-ring (bicyclic) bond motifs is 2. The molecule has 14 heteroatoms. The standard InChI is InChI=1S/C13H16N5O8P/c19-3-6-2-14-13-16-11-10(12(21)18(6)13)15-5-17(11)9-1-7(20)8(26-9)4-25-27(22,23)24/h2,5,7-9,19-20H,1,3-4H2,(H,14,16)(H2,22,23,24)/t7-,8+,9+/m0/s1. The van der Waals surface area contributed by atoms with Gasteiger partial charge in [0.2, 0.25) is 5.78 Å². The van der Waals surface area contributed by atoms with E-state index in [1.54, 1.807) is 0 Å². The topological polar surface area (TPSA) is 184 Å². The van der Waals surface area contributed by atoms with Gasteiger partial charge in [0.1, 0.15) is 18.0 Å². The Hall–Kier alpha value is -2.12. The lowest BCUT2D eigenvalue weighted by molar-refractivity contribution is -0.0424. The zero-order valence-corrected chi connectivity index (χ0v) is 14.6. The predicted molar refractivity (Wildman–Crippen MR) is 87.6 cm³/mol. The third-order valence-electron chi connectivity index (χ3n) is 4.35. The molecule has 0 unspecified atom stereocenters. The molecule has 1 aliphatic heterocycles. The van der Waals surface area contributed by atoms with Crippen molar-refractivity contribution in [1.29, 1.82) is 0 Å². The van der Waals surface area contributed by atoms with Crippen LogP contribution in [-0.4, -0.2) is 62.7 Å². The summed E-state index contributed by atoms with van der Waals surface area (Å²) in [5, 5.41) is 19.4. The summed E-state index contributed by atoms with van der Waals surface area (Å²) in [4.78, 5) is 41.2. The number of aromatic nitrogens is 5. The summed E-state index contributed by atoms with van der Waals surface area (Å²) in [6, 6.07) is 0. The van der Waals surface area contributed by atoms with Gasteiger partial charge < -0.3 is 29.7 Å². The number of nitrogens with zero attached hydrogens (tertiary/aromatic N) is 4. The molecule has 3 aromatic rings. The van der Waals surface area contributed by atoms with Crippen LogP contribution in [-0.2, 0) is 20.4 Å². The van der Waals surface area contributed by atoms with Gasteiger partial charge in [0.05, 0.1) is 37.5 Å². The first kappa shape index (κ1) is 18.3. The molecule has 1 fully saturated rings. The van der Waals surface area contributed by atoms with Crippen molar-refractivity contribution in [2.24, 2.45) is 0 Å². The van der Waals surface area contributed by atoms with Crippen LogP contribution in [0.4, 0.5) is 0 Å². The molecule has 0 radical (unpaired) electrons. The van der Waals surface area contributed by atoms with Crippen molar-refractivity contribution in [3.05, 3.63) is 28.6 Å². The van der Waals surface area contributed by atoms with Gasteiger partial charge in [-0.05, 0) is 0 Å². The smallest absolute Gasteiger partial charge is 0.390 e. The largest absolute Gasteiger partial charge is 0.469 e. The lowest BCUT2D eigenvalue weighted by Crippen LogP contribution is -2.25. The summed E-state index contributed by atoms with van der Waals surface area (Å²) >= 11 is 0. The summed E-state index contributed by atoms with van der Waals surface area (Å²) in [6.07, 6.45) is 0.0985. The lowest BCUT2D eigenvalue weighted by Gasteiger charge is -2.16. The Kier molecular flexibility index (Phi) is 4.39. The summed E-state index contributed by atoms with van der Waals surface area (Å²) in [5.41, 5.74) is 0.225. The Bertz CT molecular complexity index is 1100. The fourth-order valence-electron chi connectivity index (χ4n) is 3.09. The highest BCUT2D eigenvalue weighted by molar-refractivity contribution is 7.46. The van der Waals surface area contributed by atoms with Crippen LogP contribution in [0, 0.1) is 0 Å². The van der Waals surface area contributed by atoms with Gasteiger partial charge in [0.25, 0.3) is 5.56 Å². The van der Waals surface area contributed by atoms with E-state index >= 15 is 0 Å². The molecule has 0 aliphatic carbocycles. The molecule has 1 saturated heterocycles. The Labute approximate surface area is 150 Å². The number of ether oxygens (including phenoxy) is 1. The number of rotatable bonds is 5. The second-order valence-electron chi connectivity index (χ2n) is 6.06. The highest BCUT2D eigenvalue weighted by atomic mass is 31.2. The average Bonchev–Trinajstić information content (AvgIpc) is 3.29. The number of phosphoric ester groups is 1. The van der Waals surface area contributed by atoms with Crippen molar-refractivity contribution in [2.45, 2.75) is 31.5 Å². The number of hydrogen-bond donors (Lipinski definition) is 5. The number of aliphatic hydroxyl groups excluding tert-OH is 2. The Morgan fingerprint density at radius 1 is 1.41 bits per heavy atom.